The zero-order chi connectivity index (χ0) is 14.7. The SMILES string of the molecule is NC(=O)c1ccc(NC(=O)c2ccc(N)c(O)c2)cc1. The van der Waals surface area contributed by atoms with Crippen molar-refractivity contribution >= 4 is 23.2 Å². The Bertz CT molecular complexity index is 666. The Hall–Kier alpha value is -3.02. The summed E-state index contributed by atoms with van der Waals surface area (Å²) in [6.45, 7) is 0. The molecule has 2 rings (SSSR count). The number of carbonyl (C=O) groups is 2. The van der Waals surface area contributed by atoms with Crippen molar-refractivity contribution in [3.05, 3.63) is 53.6 Å². The minimum absolute atomic E-state index is 0.151. The fourth-order valence-electron chi connectivity index (χ4n) is 1.61. The van der Waals surface area contributed by atoms with Crippen molar-refractivity contribution in [2.45, 2.75) is 0 Å². The lowest BCUT2D eigenvalue weighted by Gasteiger charge is -2.07. The number of nitrogen functional groups attached to an aromatic ring is 1. The Labute approximate surface area is 115 Å². The summed E-state index contributed by atoms with van der Waals surface area (Å²) < 4.78 is 0. The van der Waals surface area contributed by atoms with Crippen LogP contribution in [0, 0.1) is 0 Å². The summed E-state index contributed by atoms with van der Waals surface area (Å²) in [5.41, 5.74) is 11.9. The molecule has 2 amide bonds. The van der Waals surface area contributed by atoms with E-state index in [4.69, 9.17) is 11.5 Å². The molecule has 0 unspecified atom stereocenters. The number of aromatic hydroxyl groups is 1. The predicted octanol–water partition coefficient (Wildman–Crippen LogP) is 1.33. The van der Waals surface area contributed by atoms with Crippen LogP contribution in [-0.4, -0.2) is 16.9 Å². The summed E-state index contributed by atoms with van der Waals surface area (Å²) in [6.07, 6.45) is 0. The normalized spacial score (nSPS) is 10.0. The first-order valence-electron chi connectivity index (χ1n) is 5.77. The van der Waals surface area contributed by atoms with E-state index in [2.05, 4.69) is 5.32 Å². The molecular weight excluding hydrogens is 258 g/mol. The Morgan fingerprint density at radius 1 is 1.00 bits per heavy atom. The highest BCUT2D eigenvalue weighted by atomic mass is 16.3. The molecule has 0 spiro atoms. The van der Waals surface area contributed by atoms with Gasteiger partial charge in [-0.15, -0.1) is 0 Å². The molecule has 0 fully saturated rings. The van der Waals surface area contributed by atoms with Crippen LogP contribution in [0.1, 0.15) is 20.7 Å². The number of anilines is 2. The molecule has 0 aliphatic carbocycles. The standard InChI is InChI=1S/C14H13N3O3/c15-11-6-3-9(7-12(11)18)14(20)17-10-4-1-8(2-5-10)13(16)19/h1-7,18H,15H2,(H2,16,19)(H,17,20). The van der Waals surface area contributed by atoms with Gasteiger partial charge in [0, 0.05) is 16.8 Å². The topological polar surface area (TPSA) is 118 Å². The van der Waals surface area contributed by atoms with Crippen molar-refractivity contribution in [1.29, 1.82) is 0 Å². The van der Waals surface area contributed by atoms with Gasteiger partial charge in [-0.2, -0.15) is 0 Å². The molecule has 0 aromatic heterocycles. The van der Waals surface area contributed by atoms with Crippen LogP contribution in [0.25, 0.3) is 0 Å². The number of nitrogens with one attached hydrogen (secondary N) is 1. The van der Waals surface area contributed by atoms with Crippen LogP contribution in [0.15, 0.2) is 42.5 Å². The van der Waals surface area contributed by atoms with E-state index in [1.165, 1.54) is 30.3 Å². The molecule has 102 valence electrons. The second kappa shape index (κ2) is 5.31. The first-order chi connectivity index (χ1) is 9.47. The molecule has 0 aliphatic rings. The van der Waals surface area contributed by atoms with Crippen molar-refractivity contribution in [3.63, 3.8) is 0 Å². The van der Waals surface area contributed by atoms with Crippen LogP contribution < -0.4 is 16.8 Å². The fraction of sp³-hybridized carbons (Fsp3) is 0. The minimum atomic E-state index is -0.536. The number of phenolic OH excluding ortho intramolecular Hbond substituents is 1. The van der Waals surface area contributed by atoms with Crippen LogP contribution in [-0.2, 0) is 0 Å². The summed E-state index contributed by atoms with van der Waals surface area (Å²) in [6, 6.07) is 10.4. The quantitative estimate of drug-likeness (QED) is 0.497. The van der Waals surface area contributed by atoms with Crippen molar-refractivity contribution in [1.82, 2.24) is 0 Å². The Morgan fingerprint density at radius 2 is 1.60 bits per heavy atom. The third-order valence-corrected chi connectivity index (χ3v) is 2.72. The van der Waals surface area contributed by atoms with Gasteiger partial charge in [-0.3, -0.25) is 9.59 Å². The highest BCUT2D eigenvalue weighted by Gasteiger charge is 2.09. The van der Waals surface area contributed by atoms with Crippen molar-refractivity contribution in [2.24, 2.45) is 5.73 Å². The number of benzene rings is 2. The zero-order valence-electron chi connectivity index (χ0n) is 10.5. The minimum Gasteiger partial charge on any atom is -0.506 e. The monoisotopic (exact) mass is 271 g/mol. The van der Waals surface area contributed by atoms with Gasteiger partial charge in [0.25, 0.3) is 5.91 Å². The molecule has 6 heteroatoms. The van der Waals surface area contributed by atoms with Gasteiger partial charge in [-0.25, -0.2) is 0 Å². The van der Waals surface area contributed by atoms with Crippen molar-refractivity contribution < 1.29 is 14.7 Å². The van der Waals surface area contributed by atoms with E-state index in [0.717, 1.165) is 0 Å². The summed E-state index contributed by atoms with van der Waals surface area (Å²) in [5, 5.41) is 12.1. The van der Waals surface area contributed by atoms with Gasteiger partial charge < -0.3 is 21.9 Å². The molecule has 6 nitrogen and oxygen atoms in total. The van der Waals surface area contributed by atoms with Gasteiger partial charge in [0.15, 0.2) is 0 Å². The lowest BCUT2D eigenvalue weighted by Crippen LogP contribution is -2.13. The van der Waals surface area contributed by atoms with Crippen LogP contribution in [0.3, 0.4) is 0 Å². The summed E-state index contributed by atoms with van der Waals surface area (Å²) in [7, 11) is 0. The van der Waals surface area contributed by atoms with E-state index in [9.17, 15) is 14.7 Å². The second-order valence-corrected chi connectivity index (χ2v) is 4.17. The zero-order valence-corrected chi connectivity index (χ0v) is 10.5. The summed E-state index contributed by atoms with van der Waals surface area (Å²) in [5.74, 6) is -1.08. The number of hydrogen-bond donors (Lipinski definition) is 4. The maximum Gasteiger partial charge on any atom is 0.255 e. The highest BCUT2D eigenvalue weighted by Crippen LogP contribution is 2.21. The smallest absolute Gasteiger partial charge is 0.255 e. The number of phenols is 1. The van der Waals surface area contributed by atoms with Gasteiger partial charge in [0.05, 0.1) is 5.69 Å². The lowest BCUT2D eigenvalue weighted by atomic mass is 10.1. The molecular formula is C14H13N3O3. The van der Waals surface area contributed by atoms with E-state index >= 15 is 0 Å². The van der Waals surface area contributed by atoms with Gasteiger partial charge in [0.1, 0.15) is 5.75 Å². The van der Waals surface area contributed by atoms with Crippen LogP contribution >= 0.6 is 0 Å². The third-order valence-electron chi connectivity index (χ3n) is 2.72. The van der Waals surface area contributed by atoms with E-state index in [1.807, 2.05) is 0 Å². The average Bonchev–Trinajstić information content (AvgIpc) is 2.42. The Morgan fingerprint density at radius 3 is 2.15 bits per heavy atom. The van der Waals surface area contributed by atoms with Gasteiger partial charge in [0.2, 0.25) is 5.91 Å². The summed E-state index contributed by atoms with van der Waals surface area (Å²) >= 11 is 0. The molecule has 0 aliphatic heterocycles. The van der Waals surface area contributed by atoms with E-state index in [-0.39, 0.29) is 17.0 Å². The third kappa shape index (κ3) is 2.86. The van der Waals surface area contributed by atoms with Gasteiger partial charge in [-0.1, -0.05) is 0 Å². The first-order valence-corrected chi connectivity index (χ1v) is 5.77. The molecule has 0 bridgehead atoms. The lowest BCUT2D eigenvalue weighted by molar-refractivity contribution is 0.0998. The van der Waals surface area contributed by atoms with E-state index in [0.29, 0.717) is 11.3 Å². The van der Waals surface area contributed by atoms with E-state index in [1.54, 1.807) is 12.1 Å². The molecule has 0 radical (unpaired) electrons. The number of amides is 2. The van der Waals surface area contributed by atoms with Gasteiger partial charge >= 0.3 is 0 Å². The molecule has 2 aromatic rings. The molecule has 0 atom stereocenters. The summed E-state index contributed by atoms with van der Waals surface area (Å²) in [4.78, 5) is 22.9. The van der Waals surface area contributed by atoms with Crippen molar-refractivity contribution in [2.75, 3.05) is 11.1 Å². The second-order valence-electron chi connectivity index (χ2n) is 4.17. The average molecular weight is 271 g/mol. The number of rotatable bonds is 3. The maximum absolute atomic E-state index is 11.9. The highest BCUT2D eigenvalue weighted by molar-refractivity contribution is 6.05. The molecule has 0 saturated carbocycles. The molecule has 2 aromatic carbocycles. The molecule has 0 heterocycles. The molecule has 0 saturated heterocycles. The Balaban J connectivity index is 2.14. The van der Waals surface area contributed by atoms with Crippen LogP contribution in [0.5, 0.6) is 5.75 Å². The van der Waals surface area contributed by atoms with Crippen LogP contribution in [0.2, 0.25) is 0 Å². The Kier molecular flexibility index (Phi) is 3.56. The molecule has 20 heavy (non-hydrogen) atoms. The first kappa shape index (κ1) is 13.4. The number of primary amides is 1. The molecule has 6 N–H and O–H groups in total. The van der Waals surface area contributed by atoms with Crippen LogP contribution in [0.4, 0.5) is 11.4 Å². The number of carbonyl (C=O) groups excluding carboxylic acids is 2. The van der Waals surface area contributed by atoms with Gasteiger partial charge in [-0.05, 0) is 42.5 Å². The van der Waals surface area contributed by atoms with E-state index < -0.39 is 11.8 Å². The number of hydrogen-bond acceptors (Lipinski definition) is 4. The maximum atomic E-state index is 11.9. The fourth-order valence-corrected chi connectivity index (χ4v) is 1.61. The largest absolute Gasteiger partial charge is 0.506 e. The number of nitrogens with two attached hydrogens (primary N) is 2. The predicted molar refractivity (Wildman–Crippen MR) is 75.4 cm³/mol. The van der Waals surface area contributed by atoms with Crippen molar-refractivity contribution in [3.8, 4) is 5.75 Å².